The standard InChI is InChI=1S/C24H37N3O2/c1-3-25-17-19-27(20-18-25)24(28)11-10-21-12-15-26(16-13-21)14-6-8-22-7-4-5-9-23(22)29-2/h4-9,21H,3,10-20H2,1-2H3. The first-order chi connectivity index (χ1) is 14.2. The molecule has 0 unspecified atom stereocenters. The molecule has 1 amide bonds. The summed E-state index contributed by atoms with van der Waals surface area (Å²) in [6.45, 7) is 10.4. The molecule has 0 bridgehead atoms. The molecule has 2 heterocycles. The molecule has 1 aromatic rings. The minimum absolute atomic E-state index is 0.364. The highest BCUT2D eigenvalue weighted by atomic mass is 16.5. The van der Waals surface area contributed by atoms with E-state index in [1.165, 1.54) is 12.8 Å². The lowest BCUT2D eigenvalue weighted by Gasteiger charge is -2.35. The van der Waals surface area contributed by atoms with E-state index in [0.29, 0.717) is 11.8 Å². The third-order valence-corrected chi connectivity index (χ3v) is 6.45. The molecule has 160 valence electrons. The second-order valence-electron chi connectivity index (χ2n) is 8.24. The van der Waals surface area contributed by atoms with Crippen LogP contribution in [0.3, 0.4) is 0 Å². The van der Waals surface area contributed by atoms with Gasteiger partial charge in [0.1, 0.15) is 5.75 Å². The Labute approximate surface area is 176 Å². The normalized spacial score (nSPS) is 19.7. The Bertz CT molecular complexity index is 660. The Hall–Kier alpha value is -1.85. The van der Waals surface area contributed by atoms with E-state index < -0.39 is 0 Å². The summed E-state index contributed by atoms with van der Waals surface area (Å²) in [6, 6.07) is 8.12. The highest BCUT2D eigenvalue weighted by molar-refractivity contribution is 5.76. The summed E-state index contributed by atoms with van der Waals surface area (Å²) in [6.07, 6.45) is 8.58. The van der Waals surface area contributed by atoms with E-state index in [1.54, 1.807) is 7.11 Å². The van der Waals surface area contributed by atoms with Gasteiger partial charge in [-0.25, -0.2) is 0 Å². The van der Waals surface area contributed by atoms with Crippen molar-refractivity contribution in [3.05, 3.63) is 35.9 Å². The zero-order chi connectivity index (χ0) is 20.5. The molecule has 0 aliphatic carbocycles. The van der Waals surface area contributed by atoms with Gasteiger partial charge in [-0.3, -0.25) is 9.69 Å². The molecule has 2 fully saturated rings. The smallest absolute Gasteiger partial charge is 0.222 e. The number of rotatable bonds is 8. The van der Waals surface area contributed by atoms with Crippen molar-refractivity contribution in [1.29, 1.82) is 0 Å². The summed E-state index contributed by atoms with van der Waals surface area (Å²) in [5.41, 5.74) is 1.13. The molecule has 0 aromatic heterocycles. The number of hydrogen-bond acceptors (Lipinski definition) is 4. The van der Waals surface area contributed by atoms with Crippen molar-refractivity contribution in [3.8, 4) is 5.75 Å². The molecule has 5 nitrogen and oxygen atoms in total. The maximum absolute atomic E-state index is 12.5. The van der Waals surface area contributed by atoms with Gasteiger partial charge >= 0.3 is 0 Å². The predicted molar refractivity (Wildman–Crippen MR) is 119 cm³/mol. The number of likely N-dealkylation sites (tertiary alicyclic amines) is 1. The molecule has 3 rings (SSSR count). The molecular formula is C24H37N3O2. The van der Waals surface area contributed by atoms with Gasteiger partial charge in [-0.2, -0.15) is 0 Å². The Morgan fingerprint density at radius 3 is 2.48 bits per heavy atom. The van der Waals surface area contributed by atoms with Crippen LogP contribution in [-0.2, 0) is 4.79 Å². The number of methoxy groups -OCH3 is 1. The van der Waals surface area contributed by atoms with Gasteiger partial charge in [-0.15, -0.1) is 0 Å². The molecule has 1 aromatic carbocycles. The Kier molecular flexibility index (Phi) is 8.56. The van der Waals surface area contributed by atoms with Crippen LogP contribution in [0.25, 0.3) is 6.08 Å². The van der Waals surface area contributed by atoms with E-state index in [4.69, 9.17) is 4.74 Å². The third-order valence-electron chi connectivity index (χ3n) is 6.45. The first kappa shape index (κ1) is 21.8. The van der Waals surface area contributed by atoms with Gasteiger partial charge in [0.25, 0.3) is 0 Å². The number of para-hydroxylation sites is 1. The molecular weight excluding hydrogens is 362 g/mol. The second kappa shape index (κ2) is 11.4. The molecule has 0 spiro atoms. The number of carbonyl (C=O) groups excluding carboxylic acids is 1. The third kappa shape index (κ3) is 6.58. The van der Waals surface area contributed by atoms with Crippen molar-refractivity contribution in [2.24, 2.45) is 5.92 Å². The lowest BCUT2D eigenvalue weighted by Crippen LogP contribution is -2.48. The predicted octanol–water partition coefficient (Wildman–Crippen LogP) is 3.36. The number of piperazine rings is 1. The number of benzene rings is 1. The zero-order valence-electron chi connectivity index (χ0n) is 18.2. The lowest BCUT2D eigenvalue weighted by molar-refractivity contribution is -0.133. The van der Waals surface area contributed by atoms with Crippen LogP contribution < -0.4 is 4.74 Å². The first-order valence-electron chi connectivity index (χ1n) is 11.2. The van der Waals surface area contributed by atoms with Crippen molar-refractivity contribution in [1.82, 2.24) is 14.7 Å². The molecule has 2 aliphatic rings. The van der Waals surface area contributed by atoms with Crippen LogP contribution in [-0.4, -0.2) is 80.1 Å². The maximum atomic E-state index is 12.5. The van der Waals surface area contributed by atoms with E-state index in [9.17, 15) is 4.79 Å². The number of nitrogens with zero attached hydrogens (tertiary/aromatic N) is 3. The number of carbonyl (C=O) groups is 1. The highest BCUT2D eigenvalue weighted by Gasteiger charge is 2.23. The SMILES string of the molecule is CCN1CCN(C(=O)CCC2CCN(CC=Cc3ccccc3OC)CC2)CC1. The highest BCUT2D eigenvalue weighted by Crippen LogP contribution is 2.23. The Morgan fingerprint density at radius 1 is 1.07 bits per heavy atom. The minimum atomic E-state index is 0.364. The average molecular weight is 400 g/mol. The van der Waals surface area contributed by atoms with E-state index in [-0.39, 0.29) is 0 Å². The average Bonchev–Trinajstić information content (AvgIpc) is 2.78. The monoisotopic (exact) mass is 399 g/mol. The quantitative estimate of drug-likeness (QED) is 0.672. The largest absolute Gasteiger partial charge is 0.496 e. The van der Waals surface area contributed by atoms with Gasteiger partial charge in [-0.1, -0.05) is 37.3 Å². The van der Waals surface area contributed by atoms with Crippen LogP contribution in [0.1, 0.15) is 38.2 Å². The van der Waals surface area contributed by atoms with Gasteiger partial charge in [0.05, 0.1) is 7.11 Å². The first-order valence-corrected chi connectivity index (χ1v) is 11.2. The van der Waals surface area contributed by atoms with Gasteiger partial charge in [-0.05, 0) is 50.9 Å². The van der Waals surface area contributed by atoms with Crippen molar-refractivity contribution < 1.29 is 9.53 Å². The van der Waals surface area contributed by atoms with Crippen molar-refractivity contribution in [3.63, 3.8) is 0 Å². The minimum Gasteiger partial charge on any atom is -0.496 e. The molecule has 2 aliphatic heterocycles. The molecule has 0 N–H and O–H groups in total. The molecule has 2 saturated heterocycles. The number of piperidine rings is 1. The van der Waals surface area contributed by atoms with E-state index >= 15 is 0 Å². The van der Waals surface area contributed by atoms with E-state index in [2.05, 4.69) is 39.8 Å². The molecule has 0 saturated carbocycles. The maximum Gasteiger partial charge on any atom is 0.222 e. The summed E-state index contributed by atoms with van der Waals surface area (Å²) in [4.78, 5) is 19.5. The van der Waals surface area contributed by atoms with Gasteiger partial charge in [0.15, 0.2) is 0 Å². The molecule has 0 atom stereocenters. The van der Waals surface area contributed by atoms with Gasteiger partial charge in [0, 0.05) is 44.7 Å². The zero-order valence-corrected chi connectivity index (χ0v) is 18.2. The Balaban J connectivity index is 1.33. The van der Waals surface area contributed by atoms with Crippen LogP contribution >= 0.6 is 0 Å². The number of amides is 1. The lowest BCUT2D eigenvalue weighted by atomic mass is 9.92. The van der Waals surface area contributed by atoms with Crippen molar-refractivity contribution in [2.45, 2.75) is 32.6 Å². The number of ether oxygens (including phenoxy) is 1. The molecule has 5 heteroatoms. The van der Waals surface area contributed by atoms with Crippen molar-refractivity contribution >= 4 is 12.0 Å². The van der Waals surface area contributed by atoms with Gasteiger partial charge < -0.3 is 14.5 Å². The van der Waals surface area contributed by atoms with Crippen LogP contribution in [0.4, 0.5) is 0 Å². The molecule has 29 heavy (non-hydrogen) atoms. The summed E-state index contributed by atoms with van der Waals surface area (Å²) in [7, 11) is 1.72. The fraction of sp³-hybridized carbons (Fsp3) is 0.625. The summed E-state index contributed by atoms with van der Waals surface area (Å²) < 4.78 is 5.40. The summed E-state index contributed by atoms with van der Waals surface area (Å²) >= 11 is 0. The van der Waals surface area contributed by atoms with E-state index in [1.807, 2.05) is 18.2 Å². The van der Waals surface area contributed by atoms with Crippen LogP contribution in [0.5, 0.6) is 5.75 Å². The van der Waals surface area contributed by atoms with E-state index in [0.717, 1.165) is 76.5 Å². The fourth-order valence-electron chi connectivity index (χ4n) is 4.39. The van der Waals surface area contributed by atoms with Crippen LogP contribution in [0.15, 0.2) is 30.3 Å². The topological polar surface area (TPSA) is 36.0 Å². The van der Waals surface area contributed by atoms with Crippen LogP contribution in [0.2, 0.25) is 0 Å². The van der Waals surface area contributed by atoms with Crippen molar-refractivity contribution in [2.75, 3.05) is 59.5 Å². The summed E-state index contributed by atoms with van der Waals surface area (Å²) in [5, 5.41) is 0. The molecule has 0 radical (unpaired) electrons. The fourth-order valence-corrected chi connectivity index (χ4v) is 4.39. The second-order valence-corrected chi connectivity index (χ2v) is 8.24. The summed E-state index contributed by atoms with van der Waals surface area (Å²) in [5.74, 6) is 1.98. The van der Waals surface area contributed by atoms with Gasteiger partial charge in [0.2, 0.25) is 5.91 Å². The number of hydrogen-bond donors (Lipinski definition) is 0. The number of likely N-dealkylation sites (N-methyl/N-ethyl adjacent to an activating group) is 1. The van der Waals surface area contributed by atoms with Crippen LogP contribution in [0, 0.1) is 5.92 Å². The Morgan fingerprint density at radius 2 is 1.79 bits per heavy atom.